The van der Waals surface area contributed by atoms with Crippen molar-refractivity contribution in [1.82, 2.24) is 0 Å². The smallest absolute Gasteiger partial charge is 0.264 e. The molecule has 0 aliphatic rings. The van der Waals surface area contributed by atoms with Gasteiger partial charge in [-0.15, -0.1) is 0 Å². The Morgan fingerprint density at radius 2 is 1.62 bits per heavy atom. The Bertz CT molecular complexity index is 116. The molecule has 0 aliphatic carbocycles. The van der Waals surface area contributed by atoms with Gasteiger partial charge in [0, 0.05) is 17.1 Å². The molecule has 0 heterocycles. The first-order valence-electron chi connectivity index (χ1n) is 1.51. The van der Waals surface area contributed by atoms with Crippen molar-refractivity contribution >= 4 is 10.1 Å². The average molecular weight is 183 g/mol. The zero-order chi connectivity index (χ0) is 5.21. The molecule has 0 spiro atoms. The van der Waals surface area contributed by atoms with E-state index in [4.69, 9.17) is 4.55 Å². The quantitative estimate of drug-likeness (QED) is 0.420. The molecule has 0 atom stereocenters. The molecule has 0 fully saturated rings. The molecule has 8 heavy (non-hydrogen) atoms. The van der Waals surface area contributed by atoms with Crippen LogP contribution < -0.4 is 0 Å². The Kier molecular flexibility index (Phi) is 10.9. The van der Waals surface area contributed by atoms with Gasteiger partial charge in [-0.25, -0.2) is 0 Å². The van der Waals surface area contributed by atoms with Gasteiger partial charge < -0.3 is 5.48 Å². The molecule has 0 aromatic rings. The van der Waals surface area contributed by atoms with Crippen molar-refractivity contribution < 1.29 is 35.5 Å². The zero-order valence-corrected chi connectivity index (χ0v) is 6.25. The first kappa shape index (κ1) is 15.8. The minimum atomic E-state index is -3.66. The molecular weight excluding hydrogens is 175 g/mol. The predicted octanol–water partition coefficient (Wildman–Crippen LogP) is -0.933. The third-order valence-corrected chi connectivity index (χ3v) is 1.09. The maximum Gasteiger partial charge on any atom is 0.264 e. The van der Waals surface area contributed by atoms with E-state index in [1.807, 2.05) is 0 Å². The topological polar surface area (TPSA) is 85.9 Å². The fourth-order valence-corrected chi connectivity index (χ4v) is 0. The molecule has 0 saturated carbocycles. The molecule has 0 amide bonds. The Labute approximate surface area is 58.8 Å². The summed E-state index contributed by atoms with van der Waals surface area (Å²) in [5.41, 5.74) is 0. The van der Waals surface area contributed by atoms with E-state index in [1.165, 1.54) is 6.92 Å². The molecule has 0 bridgehead atoms. The van der Waals surface area contributed by atoms with E-state index in [0.717, 1.165) is 0 Å². The van der Waals surface area contributed by atoms with Crippen molar-refractivity contribution in [3.8, 4) is 0 Å². The van der Waals surface area contributed by atoms with Crippen LogP contribution in [0.1, 0.15) is 6.92 Å². The number of hydrogen-bond acceptors (Lipinski definition) is 2. The van der Waals surface area contributed by atoms with Crippen molar-refractivity contribution in [3.05, 3.63) is 0 Å². The third-order valence-electron chi connectivity index (χ3n) is 0.365. The van der Waals surface area contributed by atoms with Gasteiger partial charge in [0.05, 0.1) is 5.75 Å². The van der Waals surface area contributed by atoms with Crippen LogP contribution in [-0.2, 0) is 27.2 Å². The molecule has 0 rings (SSSR count). The number of hydrogen-bond donors (Lipinski definition) is 1. The van der Waals surface area contributed by atoms with E-state index in [1.54, 1.807) is 0 Å². The summed E-state index contributed by atoms with van der Waals surface area (Å²) in [4.78, 5) is 0. The minimum absolute atomic E-state index is 0. The van der Waals surface area contributed by atoms with E-state index in [0.29, 0.717) is 0 Å². The first-order chi connectivity index (χ1) is 2.56. The predicted molar refractivity (Wildman–Crippen MR) is 25.7 cm³/mol. The fourth-order valence-electron chi connectivity index (χ4n) is 0. The van der Waals surface area contributed by atoms with Gasteiger partial charge in [0.25, 0.3) is 10.1 Å². The molecule has 1 radical (unpaired) electrons. The Morgan fingerprint density at radius 1 is 1.50 bits per heavy atom. The molecule has 0 saturated heterocycles. The summed E-state index contributed by atoms with van der Waals surface area (Å²) in [5.74, 6) is -0.201. The van der Waals surface area contributed by atoms with Crippen molar-refractivity contribution in [3.63, 3.8) is 0 Å². The largest absolute Gasteiger partial charge is 0.412 e. The second-order valence-electron chi connectivity index (χ2n) is 0.871. The second-order valence-corrected chi connectivity index (χ2v) is 2.61. The van der Waals surface area contributed by atoms with Gasteiger partial charge in [0.15, 0.2) is 0 Å². The van der Waals surface area contributed by atoms with Crippen LogP contribution in [0.2, 0.25) is 0 Å². The fraction of sp³-hybridized carbons (Fsp3) is 1.00. The molecular formula is C2H8MnO4S. The van der Waals surface area contributed by atoms with E-state index in [2.05, 4.69) is 0 Å². The summed E-state index contributed by atoms with van der Waals surface area (Å²) >= 11 is 0. The van der Waals surface area contributed by atoms with E-state index < -0.39 is 10.1 Å². The van der Waals surface area contributed by atoms with E-state index in [9.17, 15) is 8.42 Å². The van der Waals surface area contributed by atoms with Crippen molar-refractivity contribution in [1.29, 1.82) is 0 Å². The molecule has 0 aromatic carbocycles. The van der Waals surface area contributed by atoms with Gasteiger partial charge >= 0.3 is 0 Å². The molecule has 3 N–H and O–H groups in total. The summed E-state index contributed by atoms with van der Waals surface area (Å²) in [6.07, 6.45) is 0. The van der Waals surface area contributed by atoms with E-state index in [-0.39, 0.29) is 28.3 Å². The standard InChI is InChI=1S/C2H6O3S.Mn.H2O/c1-2-6(3,4)5;;/h2H2,1H3,(H,3,4,5);;1H2. The normalized spacial score (nSPS) is 8.75. The summed E-state index contributed by atoms with van der Waals surface area (Å²) in [7, 11) is -3.66. The first-order valence-corrected chi connectivity index (χ1v) is 3.12. The van der Waals surface area contributed by atoms with Gasteiger partial charge in [0.1, 0.15) is 0 Å². The van der Waals surface area contributed by atoms with Crippen LogP contribution in [-0.4, -0.2) is 24.2 Å². The van der Waals surface area contributed by atoms with Crippen LogP contribution in [0.4, 0.5) is 0 Å². The molecule has 0 unspecified atom stereocenters. The Morgan fingerprint density at radius 3 is 1.62 bits per heavy atom. The Hall–Kier alpha value is 0.389. The monoisotopic (exact) mass is 183 g/mol. The third kappa shape index (κ3) is 16.2. The van der Waals surface area contributed by atoms with Crippen LogP contribution in [0.3, 0.4) is 0 Å². The summed E-state index contributed by atoms with van der Waals surface area (Å²) in [5, 5.41) is 0. The van der Waals surface area contributed by atoms with Gasteiger partial charge in [0.2, 0.25) is 0 Å². The van der Waals surface area contributed by atoms with Crippen LogP contribution in [0.25, 0.3) is 0 Å². The van der Waals surface area contributed by atoms with Crippen LogP contribution in [0.15, 0.2) is 0 Å². The Balaban J connectivity index is -0.000000125. The molecule has 0 aliphatic heterocycles. The zero-order valence-electron chi connectivity index (χ0n) is 4.26. The average Bonchev–Trinajstić information content (AvgIpc) is 1.35. The number of rotatable bonds is 1. The van der Waals surface area contributed by atoms with Gasteiger partial charge in [-0.3, -0.25) is 4.55 Å². The van der Waals surface area contributed by atoms with Crippen LogP contribution >= 0.6 is 0 Å². The van der Waals surface area contributed by atoms with E-state index >= 15 is 0 Å². The van der Waals surface area contributed by atoms with Crippen molar-refractivity contribution in [2.75, 3.05) is 5.75 Å². The summed E-state index contributed by atoms with van der Waals surface area (Å²) in [6.45, 7) is 1.37. The summed E-state index contributed by atoms with van der Waals surface area (Å²) < 4.78 is 26.9. The molecule has 6 heteroatoms. The molecule has 53 valence electrons. The van der Waals surface area contributed by atoms with Crippen LogP contribution in [0, 0.1) is 0 Å². The van der Waals surface area contributed by atoms with Gasteiger partial charge in [-0.2, -0.15) is 8.42 Å². The van der Waals surface area contributed by atoms with Crippen molar-refractivity contribution in [2.24, 2.45) is 0 Å². The van der Waals surface area contributed by atoms with Crippen molar-refractivity contribution in [2.45, 2.75) is 6.92 Å². The maximum atomic E-state index is 9.56. The SMILES string of the molecule is CCS(=O)(=O)O.O.[Mn]. The minimum Gasteiger partial charge on any atom is -0.412 e. The van der Waals surface area contributed by atoms with Gasteiger partial charge in [-0.05, 0) is 6.92 Å². The maximum absolute atomic E-state index is 9.56. The van der Waals surface area contributed by atoms with Crippen LogP contribution in [0.5, 0.6) is 0 Å². The molecule has 4 nitrogen and oxygen atoms in total. The molecule has 0 aromatic heterocycles. The summed E-state index contributed by atoms with van der Waals surface area (Å²) in [6, 6.07) is 0. The van der Waals surface area contributed by atoms with Gasteiger partial charge in [-0.1, -0.05) is 0 Å². The second kappa shape index (κ2) is 5.52.